The van der Waals surface area contributed by atoms with E-state index in [4.69, 9.17) is 0 Å². The first-order chi connectivity index (χ1) is 9.40. The van der Waals surface area contributed by atoms with Crippen LogP contribution >= 0.6 is 21.7 Å². The van der Waals surface area contributed by atoms with Crippen molar-refractivity contribution in [3.05, 3.63) is 0 Å². The molecule has 0 fully saturated rings. The van der Waals surface area contributed by atoms with E-state index in [1.165, 1.54) is 12.6 Å². The third kappa shape index (κ3) is 5.33. The first-order valence-corrected chi connectivity index (χ1v) is 14.4. The van der Waals surface area contributed by atoms with Crippen LogP contribution < -0.4 is 0 Å². The molecule has 0 atom stereocenters. The maximum absolute atomic E-state index is 2.52. The molecule has 0 saturated carbocycles. The van der Waals surface area contributed by atoms with Gasteiger partial charge in [0.1, 0.15) is 0 Å². The molecule has 0 saturated heterocycles. The highest BCUT2D eigenvalue weighted by Crippen LogP contribution is 2.85. The fourth-order valence-corrected chi connectivity index (χ4v) is 29.4. The van der Waals surface area contributed by atoms with Crippen LogP contribution in [-0.4, -0.2) is 26.8 Å². The van der Waals surface area contributed by atoms with Crippen molar-refractivity contribution in [2.75, 3.05) is 6.16 Å². The molecule has 0 aromatic heterocycles. The fraction of sp³-hybridized carbons (Fsp3) is 1.00. The first-order valence-electron chi connectivity index (χ1n) is 8.82. The van der Waals surface area contributed by atoms with Crippen LogP contribution in [0.15, 0.2) is 0 Å². The lowest BCUT2D eigenvalue weighted by atomic mass is 10.2. The van der Waals surface area contributed by atoms with E-state index < -0.39 is 6.55 Å². The summed E-state index contributed by atoms with van der Waals surface area (Å²) < 4.78 is 0. The molecule has 0 aromatic rings. The Morgan fingerprint density at radius 2 is 1.00 bits per heavy atom. The third-order valence-electron chi connectivity index (χ3n) is 4.28. The molecular weight excluding hydrogens is 321 g/mol. The average molecular weight is 364 g/mol. The van der Waals surface area contributed by atoms with Crippen LogP contribution in [0, 0.1) is 0 Å². The smallest absolute Gasteiger partial charge is 0.00983 e. The molecule has 0 nitrogen and oxygen atoms in total. The molecule has 0 aliphatic heterocycles. The zero-order valence-electron chi connectivity index (χ0n) is 17.8. The third-order valence-corrected chi connectivity index (χ3v) is 26.5. The highest BCUT2D eigenvalue weighted by molar-refractivity contribution is 8.40. The predicted octanol–water partition coefficient (Wildman–Crippen LogP) is 8.87. The highest BCUT2D eigenvalue weighted by atomic mass is 32.3. The SMILES string of the molecule is CCCP(=PP(C(C)(C)C)C(C)(C)C)(C(C)(C)C)C(C)(C)C. The molecule has 0 spiro atoms. The van der Waals surface area contributed by atoms with E-state index in [0.29, 0.717) is 20.6 Å². The first kappa shape index (κ1) is 23.2. The fourth-order valence-electron chi connectivity index (χ4n) is 3.74. The second kappa shape index (κ2) is 7.19. The van der Waals surface area contributed by atoms with Gasteiger partial charge in [0.2, 0.25) is 0 Å². The Balaban J connectivity index is 6.64. The van der Waals surface area contributed by atoms with Crippen molar-refractivity contribution in [3.8, 4) is 0 Å². The maximum Gasteiger partial charge on any atom is -0.00983 e. The standard InChI is InChI=1S/C19H43P3/c1-14-15-22(18(8,9)10,19(11,12)13)20-21(16(2,3)4)17(5,6)7/h14-15H2,1-13H3. The molecule has 0 N–H and O–H groups in total. The summed E-state index contributed by atoms with van der Waals surface area (Å²) in [5, 5.41) is 1.70. The van der Waals surface area contributed by atoms with E-state index in [1.54, 1.807) is 0 Å². The Hall–Kier alpha value is 1.16. The van der Waals surface area contributed by atoms with Gasteiger partial charge < -0.3 is 0 Å². The summed E-state index contributed by atoms with van der Waals surface area (Å²) in [6.07, 6.45) is 2.76. The molecular formula is C19H43P3. The summed E-state index contributed by atoms with van der Waals surface area (Å²) in [5.41, 5.74) is 0. The van der Waals surface area contributed by atoms with Gasteiger partial charge in [-0.25, -0.2) is 0 Å². The van der Waals surface area contributed by atoms with E-state index in [1.807, 2.05) is 7.56 Å². The van der Waals surface area contributed by atoms with Gasteiger partial charge in [-0.15, -0.1) is 0 Å². The quantitative estimate of drug-likeness (QED) is 0.439. The van der Waals surface area contributed by atoms with Gasteiger partial charge in [0.05, 0.1) is 0 Å². The molecule has 0 radical (unpaired) electrons. The Bertz CT molecular complexity index is 374. The second-order valence-corrected chi connectivity index (χ2v) is 24.1. The molecule has 0 aliphatic carbocycles. The molecule has 0 aromatic carbocycles. The topological polar surface area (TPSA) is 0 Å². The van der Waals surface area contributed by atoms with E-state index in [0.717, 1.165) is 0 Å². The summed E-state index contributed by atoms with van der Waals surface area (Å²) in [5.74, 6) is 0. The van der Waals surface area contributed by atoms with Crippen molar-refractivity contribution < 1.29 is 0 Å². The Morgan fingerprint density at radius 3 is 1.18 bits per heavy atom. The minimum absolute atomic E-state index is 0.0492. The summed E-state index contributed by atoms with van der Waals surface area (Å²) in [7, 11) is 1.77. The van der Waals surface area contributed by atoms with Crippen LogP contribution in [0.3, 0.4) is 0 Å². The van der Waals surface area contributed by atoms with Gasteiger partial charge in [0.25, 0.3) is 0 Å². The number of hydrogen-bond donors (Lipinski definition) is 0. The predicted molar refractivity (Wildman–Crippen MR) is 115 cm³/mol. The molecule has 0 rings (SSSR count). The lowest BCUT2D eigenvalue weighted by Crippen LogP contribution is -2.30. The van der Waals surface area contributed by atoms with Gasteiger partial charge >= 0.3 is 0 Å². The van der Waals surface area contributed by atoms with Gasteiger partial charge in [-0.1, -0.05) is 111 Å². The number of rotatable bonds is 3. The number of hydrogen-bond acceptors (Lipinski definition) is 0. The minimum atomic E-state index is -1.11. The van der Waals surface area contributed by atoms with Crippen molar-refractivity contribution >= 4 is 21.7 Å². The molecule has 134 valence electrons. The summed E-state index contributed by atoms with van der Waals surface area (Å²) in [6, 6.07) is 0. The lowest BCUT2D eigenvalue weighted by molar-refractivity contribution is 0.698. The van der Waals surface area contributed by atoms with Crippen LogP contribution in [0.4, 0.5) is 0 Å². The van der Waals surface area contributed by atoms with Gasteiger partial charge in [0.15, 0.2) is 0 Å². The normalized spacial score (nSPS) is 15.7. The van der Waals surface area contributed by atoms with E-state index >= 15 is 0 Å². The Labute approximate surface area is 145 Å². The largest absolute Gasteiger partial charge is 0.0783 e. The minimum Gasteiger partial charge on any atom is -0.0783 e. The zero-order chi connectivity index (χ0) is 18.2. The molecule has 3 heteroatoms. The molecule has 0 heterocycles. The average Bonchev–Trinajstić information content (AvgIpc) is 2.16. The van der Waals surface area contributed by atoms with Crippen molar-refractivity contribution in [1.29, 1.82) is 0 Å². The Morgan fingerprint density at radius 1 is 0.682 bits per heavy atom. The molecule has 0 amide bonds. The van der Waals surface area contributed by atoms with Gasteiger partial charge in [-0.05, 0) is 34.4 Å². The summed E-state index contributed by atoms with van der Waals surface area (Å²) in [4.78, 5) is 0. The van der Waals surface area contributed by atoms with E-state index in [9.17, 15) is 0 Å². The zero-order valence-corrected chi connectivity index (χ0v) is 20.4. The Kier molecular flexibility index (Phi) is 7.56. The highest BCUT2D eigenvalue weighted by Gasteiger charge is 2.44. The van der Waals surface area contributed by atoms with Gasteiger partial charge in [0, 0.05) is 0 Å². The van der Waals surface area contributed by atoms with Crippen LogP contribution in [0.2, 0.25) is 0 Å². The van der Waals surface area contributed by atoms with Crippen LogP contribution in [0.1, 0.15) is 96.4 Å². The van der Waals surface area contributed by atoms with Crippen molar-refractivity contribution in [2.24, 2.45) is 0 Å². The van der Waals surface area contributed by atoms with Crippen LogP contribution in [0.25, 0.3) is 0 Å². The van der Waals surface area contributed by atoms with Gasteiger partial charge in [-0.2, -0.15) is 0 Å². The lowest BCUT2D eigenvalue weighted by Gasteiger charge is -2.51. The van der Waals surface area contributed by atoms with Gasteiger partial charge in [-0.3, -0.25) is 0 Å². The monoisotopic (exact) mass is 364 g/mol. The van der Waals surface area contributed by atoms with Crippen molar-refractivity contribution in [1.82, 2.24) is 0 Å². The second-order valence-electron chi connectivity index (χ2n) is 10.6. The van der Waals surface area contributed by atoms with Crippen molar-refractivity contribution in [2.45, 2.75) is 117 Å². The maximum atomic E-state index is 2.52. The molecule has 0 bridgehead atoms. The summed E-state index contributed by atoms with van der Waals surface area (Å²) >= 11 is 0. The summed E-state index contributed by atoms with van der Waals surface area (Å²) in [6.45, 7) is 31.3. The molecule has 0 unspecified atom stereocenters. The van der Waals surface area contributed by atoms with E-state index in [-0.39, 0.29) is 7.61 Å². The van der Waals surface area contributed by atoms with Crippen molar-refractivity contribution in [3.63, 3.8) is 0 Å². The molecule has 0 aliphatic rings. The molecule has 22 heavy (non-hydrogen) atoms. The van der Waals surface area contributed by atoms with E-state index in [2.05, 4.69) is 90.0 Å². The van der Waals surface area contributed by atoms with Crippen LogP contribution in [0.5, 0.6) is 0 Å². The van der Waals surface area contributed by atoms with Crippen LogP contribution in [-0.2, 0) is 0 Å².